The van der Waals surface area contributed by atoms with E-state index in [1.807, 2.05) is 0 Å². The highest BCUT2D eigenvalue weighted by atomic mass is 79.9. The lowest BCUT2D eigenvalue weighted by Gasteiger charge is -2.13. The molecule has 6 heteroatoms. The Bertz CT molecular complexity index is 700. The molecule has 0 bridgehead atoms. The number of methoxy groups -OCH3 is 1. The zero-order valence-electron chi connectivity index (χ0n) is 11.8. The lowest BCUT2D eigenvalue weighted by Crippen LogP contribution is -2.06. The summed E-state index contributed by atoms with van der Waals surface area (Å²) in [7, 11) is 1.57. The number of carbonyl (C=O) groups is 1. The molecule has 2 aromatic rings. The van der Waals surface area contributed by atoms with Gasteiger partial charge in [-0.2, -0.15) is 0 Å². The van der Waals surface area contributed by atoms with Gasteiger partial charge in [0, 0.05) is 11.8 Å². The number of aromatic nitrogens is 1. The molecule has 1 N–H and O–H groups in total. The minimum absolute atomic E-state index is 0.0586. The standard InChI is InChI=1S/C15H14BrNO4/c1-8-6-13(14(15(18)19)9(2)17-8)21-12-5-4-10(20-3)7-11(12)16/h4-7H,1-3H3,(H,18,19). The summed E-state index contributed by atoms with van der Waals surface area (Å²) < 4.78 is 11.5. The summed E-state index contributed by atoms with van der Waals surface area (Å²) in [5.41, 5.74) is 1.17. The van der Waals surface area contributed by atoms with Crippen molar-refractivity contribution >= 4 is 21.9 Å². The highest BCUT2D eigenvalue weighted by Crippen LogP contribution is 2.34. The molecule has 110 valence electrons. The Balaban J connectivity index is 2.46. The zero-order valence-corrected chi connectivity index (χ0v) is 13.4. The molecular formula is C15H14BrNO4. The van der Waals surface area contributed by atoms with Crippen LogP contribution in [0.3, 0.4) is 0 Å². The van der Waals surface area contributed by atoms with Crippen LogP contribution in [0.15, 0.2) is 28.7 Å². The fourth-order valence-corrected chi connectivity index (χ4v) is 2.38. The van der Waals surface area contributed by atoms with E-state index in [0.29, 0.717) is 27.4 Å². The van der Waals surface area contributed by atoms with Gasteiger partial charge in [-0.25, -0.2) is 4.79 Å². The molecule has 1 aromatic carbocycles. The van der Waals surface area contributed by atoms with E-state index in [2.05, 4.69) is 20.9 Å². The van der Waals surface area contributed by atoms with Crippen LogP contribution in [0.4, 0.5) is 0 Å². The summed E-state index contributed by atoms with van der Waals surface area (Å²) >= 11 is 3.38. The lowest BCUT2D eigenvalue weighted by molar-refractivity contribution is 0.0692. The van der Waals surface area contributed by atoms with Gasteiger partial charge in [-0.1, -0.05) is 0 Å². The fraction of sp³-hybridized carbons (Fsp3) is 0.200. The lowest BCUT2D eigenvalue weighted by atomic mass is 10.1. The third kappa shape index (κ3) is 3.33. The maximum Gasteiger partial charge on any atom is 0.341 e. The molecule has 5 nitrogen and oxygen atoms in total. The highest BCUT2D eigenvalue weighted by Gasteiger charge is 2.18. The van der Waals surface area contributed by atoms with Crippen LogP contribution in [-0.4, -0.2) is 23.2 Å². The van der Waals surface area contributed by atoms with Gasteiger partial charge in [0.25, 0.3) is 0 Å². The Morgan fingerprint density at radius 3 is 2.52 bits per heavy atom. The van der Waals surface area contributed by atoms with E-state index in [1.54, 1.807) is 45.2 Å². The van der Waals surface area contributed by atoms with Crippen molar-refractivity contribution in [2.75, 3.05) is 7.11 Å². The first kappa shape index (κ1) is 15.3. The number of rotatable bonds is 4. The van der Waals surface area contributed by atoms with Crippen LogP contribution in [-0.2, 0) is 0 Å². The van der Waals surface area contributed by atoms with E-state index in [9.17, 15) is 9.90 Å². The first-order valence-electron chi connectivity index (χ1n) is 6.15. The quantitative estimate of drug-likeness (QED) is 0.902. The molecule has 21 heavy (non-hydrogen) atoms. The summed E-state index contributed by atoms with van der Waals surface area (Å²) in [6.45, 7) is 3.43. The summed E-state index contributed by atoms with van der Waals surface area (Å²) in [6.07, 6.45) is 0. The number of hydrogen-bond acceptors (Lipinski definition) is 4. The molecule has 0 aliphatic heterocycles. The summed E-state index contributed by atoms with van der Waals surface area (Å²) in [4.78, 5) is 15.5. The van der Waals surface area contributed by atoms with E-state index in [-0.39, 0.29) is 11.3 Å². The van der Waals surface area contributed by atoms with E-state index in [4.69, 9.17) is 9.47 Å². The fourth-order valence-electron chi connectivity index (χ4n) is 1.94. The Kier molecular flexibility index (Phi) is 4.47. The van der Waals surface area contributed by atoms with Gasteiger partial charge in [-0.3, -0.25) is 4.98 Å². The molecule has 1 heterocycles. The van der Waals surface area contributed by atoms with Gasteiger partial charge in [0.05, 0.1) is 17.3 Å². The molecule has 0 aliphatic carbocycles. The number of ether oxygens (including phenoxy) is 2. The SMILES string of the molecule is COc1ccc(Oc2cc(C)nc(C)c2C(=O)O)c(Br)c1. The van der Waals surface area contributed by atoms with Crippen LogP contribution < -0.4 is 9.47 Å². The molecule has 1 aromatic heterocycles. The van der Waals surface area contributed by atoms with Gasteiger partial charge in [-0.15, -0.1) is 0 Å². The second kappa shape index (κ2) is 6.13. The highest BCUT2D eigenvalue weighted by molar-refractivity contribution is 9.10. The van der Waals surface area contributed by atoms with E-state index >= 15 is 0 Å². The first-order valence-corrected chi connectivity index (χ1v) is 6.94. The van der Waals surface area contributed by atoms with Crippen molar-refractivity contribution in [3.05, 3.63) is 45.7 Å². The van der Waals surface area contributed by atoms with Crippen molar-refractivity contribution in [3.63, 3.8) is 0 Å². The van der Waals surface area contributed by atoms with Crippen LogP contribution in [0.1, 0.15) is 21.7 Å². The Morgan fingerprint density at radius 2 is 1.95 bits per heavy atom. The number of aromatic carboxylic acids is 1. The van der Waals surface area contributed by atoms with E-state index in [1.165, 1.54) is 0 Å². The smallest absolute Gasteiger partial charge is 0.341 e. The summed E-state index contributed by atoms with van der Waals surface area (Å²) in [5, 5.41) is 9.32. The van der Waals surface area contributed by atoms with Gasteiger partial charge >= 0.3 is 5.97 Å². The molecule has 0 amide bonds. The minimum atomic E-state index is -1.07. The number of halogens is 1. The number of carboxylic acid groups (broad SMARTS) is 1. The molecule has 2 rings (SSSR count). The average molecular weight is 352 g/mol. The van der Waals surface area contributed by atoms with E-state index < -0.39 is 5.97 Å². The summed E-state index contributed by atoms with van der Waals surface area (Å²) in [5.74, 6) is 0.371. The van der Waals surface area contributed by atoms with Crippen molar-refractivity contribution in [1.82, 2.24) is 4.98 Å². The number of pyridine rings is 1. The zero-order chi connectivity index (χ0) is 15.6. The molecule has 0 atom stereocenters. The maximum atomic E-state index is 11.4. The number of aryl methyl sites for hydroxylation is 2. The number of hydrogen-bond donors (Lipinski definition) is 1. The van der Waals surface area contributed by atoms with E-state index in [0.717, 1.165) is 0 Å². The molecule has 0 aliphatic rings. The van der Waals surface area contributed by atoms with Crippen LogP contribution in [0.25, 0.3) is 0 Å². The van der Waals surface area contributed by atoms with Crippen molar-refractivity contribution in [1.29, 1.82) is 0 Å². The third-order valence-corrected chi connectivity index (χ3v) is 3.48. The minimum Gasteiger partial charge on any atom is -0.497 e. The van der Waals surface area contributed by atoms with Crippen LogP contribution in [0.2, 0.25) is 0 Å². The second-order valence-corrected chi connectivity index (χ2v) is 5.28. The van der Waals surface area contributed by atoms with Gasteiger partial charge in [-0.05, 0) is 48.0 Å². The maximum absolute atomic E-state index is 11.4. The van der Waals surface area contributed by atoms with Gasteiger partial charge < -0.3 is 14.6 Å². The predicted octanol–water partition coefficient (Wildman–Crippen LogP) is 3.96. The molecular weight excluding hydrogens is 338 g/mol. The number of nitrogens with zero attached hydrogens (tertiary/aromatic N) is 1. The Hall–Kier alpha value is -2.08. The Labute approximate surface area is 130 Å². The third-order valence-electron chi connectivity index (χ3n) is 2.87. The monoisotopic (exact) mass is 351 g/mol. The normalized spacial score (nSPS) is 10.3. The van der Waals surface area contributed by atoms with Gasteiger partial charge in [0.2, 0.25) is 0 Å². The Morgan fingerprint density at radius 1 is 1.24 bits per heavy atom. The molecule has 0 spiro atoms. The second-order valence-electron chi connectivity index (χ2n) is 4.43. The molecule has 0 saturated carbocycles. The van der Waals surface area contributed by atoms with Crippen LogP contribution >= 0.6 is 15.9 Å². The largest absolute Gasteiger partial charge is 0.497 e. The number of carboxylic acids is 1. The van der Waals surface area contributed by atoms with Gasteiger partial charge in [0.1, 0.15) is 22.8 Å². The summed E-state index contributed by atoms with van der Waals surface area (Å²) in [6, 6.07) is 6.80. The molecule has 0 saturated heterocycles. The van der Waals surface area contributed by atoms with Crippen LogP contribution in [0, 0.1) is 13.8 Å². The topological polar surface area (TPSA) is 68.7 Å². The van der Waals surface area contributed by atoms with Crippen molar-refractivity contribution < 1.29 is 19.4 Å². The number of benzene rings is 1. The van der Waals surface area contributed by atoms with Crippen molar-refractivity contribution in [2.45, 2.75) is 13.8 Å². The van der Waals surface area contributed by atoms with Crippen LogP contribution in [0.5, 0.6) is 17.2 Å². The van der Waals surface area contributed by atoms with Gasteiger partial charge in [0.15, 0.2) is 0 Å². The first-order chi connectivity index (χ1) is 9.92. The van der Waals surface area contributed by atoms with Crippen molar-refractivity contribution in [3.8, 4) is 17.2 Å². The molecule has 0 fully saturated rings. The molecule has 0 radical (unpaired) electrons. The molecule has 0 unspecified atom stereocenters. The average Bonchev–Trinajstić information content (AvgIpc) is 2.39. The van der Waals surface area contributed by atoms with Crippen molar-refractivity contribution in [2.24, 2.45) is 0 Å². The predicted molar refractivity (Wildman–Crippen MR) is 81.4 cm³/mol.